The lowest BCUT2D eigenvalue weighted by Gasteiger charge is -2.19. The van der Waals surface area contributed by atoms with Crippen LogP contribution in [0.4, 0.5) is 0 Å². The number of carbonyl (C=O) groups is 1. The third kappa shape index (κ3) is 5.09. The van der Waals surface area contributed by atoms with E-state index in [0.29, 0.717) is 18.9 Å². The molecule has 0 aromatic carbocycles. The number of carbonyl (C=O) groups excluding carboxylic acids is 1. The van der Waals surface area contributed by atoms with Gasteiger partial charge in [-0.05, 0) is 5.92 Å². The molecule has 0 saturated heterocycles. The van der Waals surface area contributed by atoms with Crippen molar-refractivity contribution in [2.45, 2.75) is 26.3 Å². The van der Waals surface area contributed by atoms with Crippen LogP contribution in [0, 0.1) is 5.92 Å². The van der Waals surface area contributed by atoms with Gasteiger partial charge in [-0.3, -0.25) is 4.79 Å². The summed E-state index contributed by atoms with van der Waals surface area (Å²) < 4.78 is 0. The molecule has 0 aromatic rings. The molecule has 0 saturated carbocycles. The zero-order valence-electron chi connectivity index (χ0n) is 7.71. The predicted octanol–water partition coefficient (Wildman–Crippen LogP) is -0.532. The molecule has 4 N–H and O–H groups in total. The number of aliphatic hydroxyl groups is 1. The third-order valence-electron chi connectivity index (χ3n) is 1.78. The van der Waals surface area contributed by atoms with E-state index in [1.54, 1.807) is 0 Å². The normalized spacial score (nSPS) is 13.3. The van der Waals surface area contributed by atoms with E-state index in [0.717, 1.165) is 0 Å². The van der Waals surface area contributed by atoms with Gasteiger partial charge in [-0.25, -0.2) is 0 Å². The Hall–Kier alpha value is -0.610. The average Bonchev–Trinajstić information content (AvgIpc) is 1.96. The summed E-state index contributed by atoms with van der Waals surface area (Å²) >= 11 is 0. The van der Waals surface area contributed by atoms with Gasteiger partial charge < -0.3 is 16.2 Å². The molecular formula is C8H18N2O2. The van der Waals surface area contributed by atoms with Gasteiger partial charge in [0.25, 0.3) is 0 Å². The second-order valence-corrected chi connectivity index (χ2v) is 3.20. The minimum absolute atomic E-state index is 0.0596. The molecule has 1 unspecified atom stereocenters. The summed E-state index contributed by atoms with van der Waals surface area (Å²) in [6, 6.07) is 0.0596. The summed E-state index contributed by atoms with van der Waals surface area (Å²) in [6.45, 7) is 4.66. The summed E-state index contributed by atoms with van der Waals surface area (Å²) in [5, 5.41) is 11.9. The fourth-order valence-corrected chi connectivity index (χ4v) is 0.892. The lowest BCUT2D eigenvalue weighted by atomic mass is 10.1. The molecule has 4 nitrogen and oxygen atoms in total. The highest BCUT2D eigenvalue weighted by Gasteiger charge is 2.10. The molecule has 4 heteroatoms. The van der Waals surface area contributed by atoms with Gasteiger partial charge in [0.1, 0.15) is 0 Å². The number of primary amides is 1. The van der Waals surface area contributed by atoms with E-state index in [1.165, 1.54) is 0 Å². The molecule has 12 heavy (non-hydrogen) atoms. The molecule has 0 heterocycles. The third-order valence-corrected chi connectivity index (χ3v) is 1.78. The van der Waals surface area contributed by atoms with Crippen molar-refractivity contribution in [3.05, 3.63) is 0 Å². The van der Waals surface area contributed by atoms with Gasteiger partial charge >= 0.3 is 0 Å². The van der Waals surface area contributed by atoms with Crippen LogP contribution in [0.1, 0.15) is 20.3 Å². The van der Waals surface area contributed by atoms with Crippen molar-refractivity contribution >= 4 is 5.91 Å². The second kappa shape index (κ2) is 5.97. The highest BCUT2D eigenvalue weighted by atomic mass is 16.3. The zero-order chi connectivity index (χ0) is 9.56. The molecule has 1 amide bonds. The van der Waals surface area contributed by atoms with E-state index in [9.17, 15) is 4.79 Å². The van der Waals surface area contributed by atoms with Crippen molar-refractivity contribution in [1.29, 1.82) is 0 Å². The minimum Gasteiger partial charge on any atom is -0.395 e. The smallest absolute Gasteiger partial charge is 0.218 e. The molecule has 0 rings (SSSR count). The average molecular weight is 174 g/mol. The number of amides is 1. The van der Waals surface area contributed by atoms with Gasteiger partial charge in [0.05, 0.1) is 6.61 Å². The molecule has 0 radical (unpaired) electrons. The lowest BCUT2D eigenvalue weighted by molar-refractivity contribution is -0.117. The molecule has 0 fully saturated rings. The first-order chi connectivity index (χ1) is 5.57. The summed E-state index contributed by atoms with van der Waals surface area (Å²) in [5.74, 6) is 0.0471. The zero-order valence-corrected chi connectivity index (χ0v) is 7.71. The highest BCUT2D eigenvalue weighted by Crippen LogP contribution is 1.99. The minimum atomic E-state index is -0.317. The Bertz CT molecular complexity index is 137. The largest absolute Gasteiger partial charge is 0.395 e. The van der Waals surface area contributed by atoms with E-state index in [-0.39, 0.29) is 18.6 Å². The van der Waals surface area contributed by atoms with Crippen LogP contribution < -0.4 is 11.1 Å². The van der Waals surface area contributed by atoms with Crippen molar-refractivity contribution in [2.24, 2.45) is 11.7 Å². The van der Waals surface area contributed by atoms with Crippen LogP contribution in [-0.4, -0.2) is 30.2 Å². The van der Waals surface area contributed by atoms with Crippen molar-refractivity contribution in [2.75, 3.05) is 13.2 Å². The van der Waals surface area contributed by atoms with Gasteiger partial charge in [0, 0.05) is 19.0 Å². The molecular weight excluding hydrogens is 156 g/mol. The molecule has 0 aliphatic carbocycles. The fraction of sp³-hybridized carbons (Fsp3) is 0.875. The molecule has 0 aromatic heterocycles. The first-order valence-corrected chi connectivity index (χ1v) is 4.20. The Balaban J connectivity index is 3.51. The Labute approximate surface area is 73.1 Å². The standard InChI is InChI=1S/C8H18N2O2/c1-6(2)7(5-11)10-4-3-8(9)12/h6-7,10-11H,3-5H2,1-2H3,(H2,9,12). The van der Waals surface area contributed by atoms with Gasteiger partial charge in [-0.15, -0.1) is 0 Å². The van der Waals surface area contributed by atoms with Gasteiger partial charge in [-0.1, -0.05) is 13.8 Å². The van der Waals surface area contributed by atoms with Gasteiger partial charge in [-0.2, -0.15) is 0 Å². The number of nitrogens with one attached hydrogen (secondary N) is 1. The van der Waals surface area contributed by atoms with Crippen LogP contribution in [0.2, 0.25) is 0 Å². The lowest BCUT2D eigenvalue weighted by Crippen LogP contribution is -2.38. The first kappa shape index (κ1) is 11.4. The summed E-state index contributed by atoms with van der Waals surface area (Å²) in [6.07, 6.45) is 0.323. The molecule has 0 aliphatic rings. The van der Waals surface area contributed by atoms with E-state index in [4.69, 9.17) is 10.8 Å². The van der Waals surface area contributed by atoms with Crippen LogP contribution >= 0.6 is 0 Å². The molecule has 0 bridgehead atoms. The Morgan fingerprint density at radius 3 is 2.50 bits per heavy atom. The van der Waals surface area contributed by atoms with E-state index in [2.05, 4.69) is 5.32 Å². The Morgan fingerprint density at radius 2 is 2.17 bits per heavy atom. The number of rotatable bonds is 6. The predicted molar refractivity (Wildman–Crippen MR) is 47.5 cm³/mol. The maximum Gasteiger partial charge on any atom is 0.218 e. The van der Waals surface area contributed by atoms with Crippen molar-refractivity contribution < 1.29 is 9.90 Å². The highest BCUT2D eigenvalue weighted by molar-refractivity contribution is 5.73. The Kier molecular flexibility index (Phi) is 5.66. The van der Waals surface area contributed by atoms with Crippen LogP contribution in [0.25, 0.3) is 0 Å². The van der Waals surface area contributed by atoms with Crippen molar-refractivity contribution in [1.82, 2.24) is 5.32 Å². The topological polar surface area (TPSA) is 75.3 Å². The number of nitrogens with two attached hydrogens (primary N) is 1. The summed E-state index contributed by atoms with van der Waals surface area (Å²) in [5.41, 5.74) is 4.95. The van der Waals surface area contributed by atoms with E-state index >= 15 is 0 Å². The maximum atomic E-state index is 10.4. The van der Waals surface area contributed by atoms with Crippen LogP contribution in [0.15, 0.2) is 0 Å². The van der Waals surface area contributed by atoms with Crippen LogP contribution in [0.5, 0.6) is 0 Å². The van der Waals surface area contributed by atoms with Crippen molar-refractivity contribution in [3.63, 3.8) is 0 Å². The van der Waals surface area contributed by atoms with Crippen molar-refractivity contribution in [3.8, 4) is 0 Å². The number of aliphatic hydroxyl groups excluding tert-OH is 1. The second-order valence-electron chi connectivity index (χ2n) is 3.20. The molecule has 0 aliphatic heterocycles. The summed E-state index contributed by atoms with van der Waals surface area (Å²) in [4.78, 5) is 10.4. The first-order valence-electron chi connectivity index (χ1n) is 4.20. The maximum absolute atomic E-state index is 10.4. The van der Waals surface area contributed by atoms with Gasteiger partial charge in [0.15, 0.2) is 0 Å². The monoisotopic (exact) mass is 174 g/mol. The van der Waals surface area contributed by atoms with Crippen LogP contribution in [0.3, 0.4) is 0 Å². The van der Waals surface area contributed by atoms with Crippen LogP contribution in [-0.2, 0) is 4.79 Å². The van der Waals surface area contributed by atoms with E-state index < -0.39 is 0 Å². The molecule has 0 spiro atoms. The number of hydrogen-bond acceptors (Lipinski definition) is 3. The van der Waals surface area contributed by atoms with E-state index in [1.807, 2.05) is 13.8 Å². The number of hydrogen-bond donors (Lipinski definition) is 3. The quantitative estimate of drug-likeness (QED) is 0.506. The SMILES string of the molecule is CC(C)C(CO)NCCC(N)=O. The molecule has 1 atom stereocenters. The Morgan fingerprint density at radius 1 is 1.58 bits per heavy atom. The molecule has 72 valence electrons. The fourth-order valence-electron chi connectivity index (χ4n) is 0.892. The van der Waals surface area contributed by atoms with Gasteiger partial charge in [0.2, 0.25) is 5.91 Å². The summed E-state index contributed by atoms with van der Waals surface area (Å²) in [7, 11) is 0.